The topological polar surface area (TPSA) is 158 Å². The molecule has 2 rings (SSSR count). The minimum atomic E-state index is -3.21. The lowest BCUT2D eigenvalue weighted by Gasteiger charge is -1.99. The van der Waals surface area contributed by atoms with Crippen molar-refractivity contribution < 1.29 is 16.8 Å². The van der Waals surface area contributed by atoms with E-state index in [1.165, 1.54) is 30.6 Å². The molecule has 134 valence electrons. The van der Waals surface area contributed by atoms with Gasteiger partial charge in [-0.3, -0.25) is 5.84 Å². The number of nitrogens with two attached hydrogens (primary N) is 2. The maximum absolute atomic E-state index is 10.9. The second kappa shape index (κ2) is 8.78. The van der Waals surface area contributed by atoms with Gasteiger partial charge in [-0.05, 0) is 24.3 Å². The highest BCUT2D eigenvalue weighted by molar-refractivity contribution is 7.90. The summed E-state index contributed by atoms with van der Waals surface area (Å²) >= 11 is 0. The molecule has 0 aliphatic heterocycles. The van der Waals surface area contributed by atoms with Gasteiger partial charge in [0, 0.05) is 12.5 Å². The van der Waals surface area contributed by atoms with Crippen molar-refractivity contribution in [3.63, 3.8) is 0 Å². The number of hydrazine groups is 1. The standard InChI is InChI=1S/C6H9N3O2S.C6H8N2O2S.ClH/c1-12(10,11)6-3-2-5(9-7)4-8-6;1-11(9,10)6-3-2-5(7)4-8-6;/h2-4,9H,7H2,1H3;2-4H,7H2,1H3;1H. The second-order valence-corrected chi connectivity index (χ2v) is 8.43. The van der Waals surface area contributed by atoms with Crippen molar-refractivity contribution in [2.24, 2.45) is 5.84 Å². The average molecular weight is 396 g/mol. The van der Waals surface area contributed by atoms with E-state index in [1.54, 1.807) is 6.07 Å². The number of nitrogen functional groups attached to an aromatic ring is 2. The van der Waals surface area contributed by atoms with Crippen LogP contribution in [0, 0.1) is 0 Å². The second-order valence-electron chi connectivity index (χ2n) is 4.50. The molecule has 0 atom stereocenters. The Kier molecular flexibility index (Phi) is 8.06. The van der Waals surface area contributed by atoms with E-state index in [9.17, 15) is 16.8 Å². The molecule has 0 spiro atoms. The van der Waals surface area contributed by atoms with Gasteiger partial charge < -0.3 is 11.2 Å². The van der Waals surface area contributed by atoms with E-state index < -0.39 is 19.7 Å². The Morgan fingerprint density at radius 1 is 0.875 bits per heavy atom. The van der Waals surface area contributed by atoms with E-state index in [0.29, 0.717) is 11.4 Å². The Morgan fingerprint density at radius 2 is 1.33 bits per heavy atom. The molecule has 24 heavy (non-hydrogen) atoms. The predicted molar refractivity (Wildman–Crippen MR) is 94.2 cm³/mol. The lowest BCUT2D eigenvalue weighted by atomic mass is 10.4. The first kappa shape index (κ1) is 22.1. The van der Waals surface area contributed by atoms with Gasteiger partial charge in [-0.15, -0.1) is 12.4 Å². The van der Waals surface area contributed by atoms with E-state index in [-0.39, 0.29) is 22.5 Å². The molecule has 2 heterocycles. The third-order valence-electron chi connectivity index (χ3n) is 2.42. The number of nitrogens with zero attached hydrogens (tertiary/aromatic N) is 2. The number of hydrogen-bond donors (Lipinski definition) is 3. The van der Waals surface area contributed by atoms with Crippen LogP contribution in [0.2, 0.25) is 0 Å². The molecule has 0 amide bonds. The first-order chi connectivity index (χ1) is 10.5. The fourth-order valence-electron chi connectivity index (χ4n) is 1.30. The van der Waals surface area contributed by atoms with Crippen molar-refractivity contribution in [1.29, 1.82) is 0 Å². The molecular weight excluding hydrogens is 378 g/mol. The zero-order chi connectivity index (χ0) is 17.7. The number of pyridine rings is 2. The fourth-order valence-corrected chi connectivity index (χ4v) is 2.41. The molecule has 0 aliphatic carbocycles. The average Bonchev–Trinajstić information content (AvgIpc) is 2.46. The number of aromatic nitrogens is 2. The summed E-state index contributed by atoms with van der Waals surface area (Å²) in [6, 6.07) is 5.82. The normalized spacial score (nSPS) is 10.8. The van der Waals surface area contributed by atoms with E-state index in [4.69, 9.17) is 11.6 Å². The molecule has 0 fully saturated rings. The number of nitrogens with one attached hydrogen (secondary N) is 1. The van der Waals surface area contributed by atoms with Gasteiger partial charge in [-0.2, -0.15) is 0 Å². The van der Waals surface area contributed by atoms with Crippen molar-refractivity contribution in [2.45, 2.75) is 10.1 Å². The number of anilines is 2. The zero-order valence-electron chi connectivity index (χ0n) is 12.9. The lowest BCUT2D eigenvalue weighted by molar-refractivity contribution is 0.596. The summed E-state index contributed by atoms with van der Waals surface area (Å²) in [6.07, 6.45) is 4.88. The van der Waals surface area contributed by atoms with Crippen LogP contribution < -0.4 is 17.0 Å². The van der Waals surface area contributed by atoms with Crippen LogP contribution in [0.1, 0.15) is 0 Å². The van der Waals surface area contributed by atoms with Crippen molar-refractivity contribution >= 4 is 43.5 Å². The molecule has 2 aromatic heterocycles. The number of rotatable bonds is 3. The highest BCUT2D eigenvalue weighted by Crippen LogP contribution is 2.08. The van der Waals surface area contributed by atoms with Gasteiger partial charge in [0.05, 0.1) is 23.8 Å². The van der Waals surface area contributed by atoms with Gasteiger partial charge in [-0.1, -0.05) is 0 Å². The quantitative estimate of drug-likeness (QED) is 0.489. The first-order valence-corrected chi connectivity index (χ1v) is 9.86. The van der Waals surface area contributed by atoms with E-state index in [1.807, 2.05) is 0 Å². The Hall–Kier alpha value is -1.95. The summed E-state index contributed by atoms with van der Waals surface area (Å²) in [7, 11) is -6.39. The van der Waals surface area contributed by atoms with Crippen LogP contribution >= 0.6 is 12.4 Å². The molecule has 0 saturated heterocycles. The van der Waals surface area contributed by atoms with Crippen LogP contribution in [0.15, 0.2) is 46.7 Å². The summed E-state index contributed by atoms with van der Waals surface area (Å²) < 4.78 is 43.5. The van der Waals surface area contributed by atoms with Gasteiger partial charge in [-0.25, -0.2) is 26.8 Å². The Balaban J connectivity index is 0.000000425. The Bertz CT molecular complexity index is 853. The predicted octanol–water partition coefficient (Wildman–Crippen LogP) is 0.260. The maximum Gasteiger partial charge on any atom is 0.192 e. The van der Waals surface area contributed by atoms with Gasteiger partial charge in [0.1, 0.15) is 0 Å². The van der Waals surface area contributed by atoms with E-state index in [2.05, 4.69) is 15.4 Å². The van der Waals surface area contributed by atoms with E-state index in [0.717, 1.165) is 12.5 Å². The summed E-state index contributed by atoms with van der Waals surface area (Å²) in [6.45, 7) is 0. The van der Waals surface area contributed by atoms with Crippen molar-refractivity contribution in [3.8, 4) is 0 Å². The van der Waals surface area contributed by atoms with Crippen molar-refractivity contribution in [1.82, 2.24) is 9.97 Å². The van der Waals surface area contributed by atoms with Crippen LogP contribution in [0.5, 0.6) is 0 Å². The molecule has 12 heteroatoms. The maximum atomic E-state index is 10.9. The lowest BCUT2D eigenvalue weighted by Crippen LogP contribution is -2.08. The minimum Gasteiger partial charge on any atom is -0.397 e. The van der Waals surface area contributed by atoms with Crippen LogP contribution in [0.3, 0.4) is 0 Å². The van der Waals surface area contributed by atoms with Gasteiger partial charge in [0.2, 0.25) is 0 Å². The third-order valence-corrected chi connectivity index (χ3v) is 4.42. The summed E-state index contributed by atoms with van der Waals surface area (Å²) in [5.74, 6) is 5.07. The molecule has 0 bridgehead atoms. The number of sulfone groups is 2. The largest absolute Gasteiger partial charge is 0.397 e. The number of hydrogen-bond acceptors (Lipinski definition) is 9. The van der Waals surface area contributed by atoms with Crippen molar-refractivity contribution in [2.75, 3.05) is 23.7 Å². The number of halogens is 1. The molecule has 0 radical (unpaired) electrons. The molecule has 0 aromatic carbocycles. The van der Waals surface area contributed by atoms with Gasteiger partial charge >= 0.3 is 0 Å². The summed E-state index contributed by atoms with van der Waals surface area (Å²) in [5, 5.41) is 0.0909. The SMILES string of the molecule is CS(=O)(=O)c1ccc(N)cn1.CS(=O)(=O)c1ccc(NN)cn1.Cl. The molecule has 5 N–H and O–H groups in total. The van der Waals surface area contributed by atoms with Crippen molar-refractivity contribution in [3.05, 3.63) is 36.7 Å². The summed E-state index contributed by atoms with van der Waals surface area (Å²) in [4.78, 5) is 7.33. The van der Waals surface area contributed by atoms with Crippen LogP contribution in [-0.2, 0) is 19.7 Å². The molecule has 2 aromatic rings. The summed E-state index contributed by atoms with van der Waals surface area (Å²) in [5.41, 5.74) is 8.69. The van der Waals surface area contributed by atoms with Crippen LogP contribution in [0.4, 0.5) is 11.4 Å². The Morgan fingerprint density at radius 3 is 1.62 bits per heavy atom. The first-order valence-electron chi connectivity index (χ1n) is 6.08. The Labute approximate surface area is 146 Å². The van der Waals surface area contributed by atoms with E-state index >= 15 is 0 Å². The highest BCUT2D eigenvalue weighted by atomic mass is 35.5. The molecule has 0 saturated carbocycles. The van der Waals surface area contributed by atoms with Crippen LogP contribution in [-0.4, -0.2) is 39.3 Å². The molecule has 0 aliphatic rings. The monoisotopic (exact) mass is 395 g/mol. The molecular formula is C12H18ClN5O4S2. The fraction of sp³-hybridized carbons (Fsp3) is 0.167. The highest BCUT2D eigenvalue weighted by Gasteiger charge is 2.07. The van der Waals surface area contributed by atoms with Gasteiger partial charge in [0.25, 0.3) is 0 Å². The third kappa shape index (κ3) is 7.08. The smallest absolute Gasteiger partial charge is 0.192 e. The minimum absolute atomic E-state index is 0. The van der Waals surface area contributed by atoms with Gasteiger partial charge in [0.15, 0.2) is 29.7 Å². The zero-order valence-corrected chi connectivity index (χ0v) is 15.3. The van der Waals surface area contributed by atoms with Crippen LogP contribution in [0.25, 0.3) is 0 Å². The molecule has 9 nitrogen and oxygen atoms in total. The molecule has 0 unspecified atom stereocenters.